The van der Waals surface area contributed by atoms with Gasteiger partial charge >= 0.3 is 0 Å². The number of hydrogen-bond acceptors (Lipinski definition) is 12. The molecule has 0 saturated carbocycles. The molecule has 2 saturated heterocycles. The van der Waals surface area contributed by atoms with E-state index in [0.717, 1.165) is 0 Å². The minimum absolute atomic E-state index is 0.346. The fourth-order valence-corrected chi connectivity index (χ4v) is 3.48. The SMILES string of the molecule is OC[C@@H]1O[C@H](Nc2ccccc2N[C@@H]2O[C@H](CO)[C@H](O)[C@H](O)[C@@H]2O)[C@H](O)[C@H](O)[C@H]1O. The molecule has 2 aliphatic heterocycles. The Morgan fingerprint density at radius 3 is 1.30 bits per heavy atom. The molecule has 0 aromatic heterocycles. The standard InChI is InChI=1S/C18H28N2O10/c21-5-9-11(23)13(25)15(27)17(29-9)19-7-3-1-2-4-8(7)20-18-16(28)14(26)12(24)10(6-22)30-18/h1-4,9-28H,5-6H2/t9-,10+,11-,12-,13+,14-,15+,16-,17-,18+/m0/s1. The molecule has 2 aliphatic rings. The maximum absolute atomic E-state index is 10.2. The molecule has 2 fully saturated rings. The molecule has 0 spiro atoms. The number of nitrogens with one attached hydrogen (secondary N) is 2. The Kier molecular flexibility index (Phi) is 7.47. The Morgan fingerprint density at radius 1 is 0.600 bits per heavy atom. The van der Waals surface area contributed by atoms with Crippen molar-refractivity contribution in [2.75, 3.05) is 23.8 Å². The zero-order valence-corrected chi connectivity index (χ0v) is 15.9. The lowest BCUT2D eigenvalue weighted by Crippen LogP contribution is -2.61. The van der Waals surface area contributed by atoms with Crippen molar-refractivity contribution in [3.63, 3.8) is 0 Å². The molecule has 1 aromatic carbocycles. The molecule has 10 N–H and O–H groups in total. The number of aliphatic hydroxyl groups is 8. The lowest BCUT2D eigenvalue weighted by atomic mass is 9.98. The summed E-state index contributed by atoms with van der Waals surface area (Å²) in [7, 11) is 0. The van der Waals surface area contributed by atoms with Crippen LogP contribution < -0.4 is 10.6 Å². The summed E-state index contributed by atoms with van der Waals surface area (Å²) < 4.78 is 10.9. The molecule has 12 heteroatoms. The highest BCUT2D eigenvalue weighted by atomic mass is 16.6. The van der Waals surface area contributed by atoms with Gasteiger partial charge in [-0.05, 0) is 12.1 Å². The van der Waals surface area contributed by atoms with E-state index in [2.05, 4.69) is 10.6 Å². The Balaban J connectivity index is 1.76. The largest absolute Gasteiger partial charge is 0.394 e. The van der Waals surface area contributed by atoms with Crippen molar-refractivity contribution in [3.8, 4) is 0 Å². The predicted octanol–water partition coefficient (Wildman–Crippen LogP) is -3.89. The van der Waals surface area contributed by atoms with Crippen LogP contribution in [0.5, 0.6) is 0 Å². The molecule has 170 valence electrons. The second kappa shape index (κ2) is 9.70. The van der Waals surface area contributed by atoms with Gasteiger partial charge in [-0.3, -0.25) is 0 Å². The molecule has 0 amide bonds. The molecule has 0 bridgehead atoms. The molecule has 1 aromatic rings. The molecular weight excluding hydrogens is 404 g/mol. The number of para-hydroxylation sites is 2. The maximum Gasteiger partial charge on any atom is 0.157 e. The monoisotopic (exact) mass is 432 g/mol. The third-order valence-corrected chi connectivity index (χ3v) is 5.31. The summed E-state index contributed by atoms with van der Waals surface area (Å²) in [6, 6.07) is 6.50. The zero-order chi connectivity index (χ0) is 22.0. The Bertz CT molecular complexity index is 636. The highest BCUT2D eigenvalue weighted by Gasteiger charge is 2.45. The number of aliphatic hydroxyl groups excluding tert-OH is 8. The lowest BCUT2D eigenvalue weighted by Gasteiger charge is -2.42. The van der Waals surface area contributed by atoms with Crippen molar-refractivity contribution in [1.82, 2.24) is 0 Å². The van der Waals surface area contributed by atoms with Crippen LogP contribution in [0, 0.1) is 0 Å². The van der Waals surface area contributed by atoms with Crippen LogP contribution in [0.25, 0.3) is 0 Å². The van der Waals surface area contributed by atoms with Gasteiger partial charge in [0.05, 0.1) is 24.6 Å². The van der Waals surface area contributed by atoms with Gasteiger partial charge in [-0.15, -0.1) is 0 Å². The van der Waals surface area contributed by atoms with Crippen molar-refractivity contribution in [2.45, 2.75) is 61.3 Å². The van der Waals surface area contributed by atoms with E-state index in [1.54, 1.807) is 24.3 Å². The summed E-state index contributed by atoms with van der Waals surface area (Å²) in [6.07, 6.45) is -13.7. The van der Waals surface area contributed by atoms with Gasteiger partial charge in [0.2, 0.25) is 0 Å². The Morgan fingerprint density at radius 2 is 0.967 bits per heavy atom. The third kappa shape index (κ3) is 4.53. The van der Waals surface area contributed by atoms with Crippen LogP contribution in [-0.4, -0.2) is 115 Å². The highest BCUT2D eigenvalue weighted by Crippen LogP contribution is 2.30. The van der Waals surface area contributed by atoms with Gasteiger partial charge in [0.25, 0.3) is 0 Å². The van der Waals surface area contributed by atoms with E-state index in [1.807, 2.05) is 0 Å². The van der Waals surface area contributed by atoms with E-state index in [0.29, 0.717) is 11.4 Å². The molecule has 0 aliphatic carbocycles. The quantitative estimate of drug-likeness (QED) is 0.210. The molecule has 12 nitrogen and oxygen atoms in total. The van der Waals surface area contributed by atoms with Crippen molar-refractivity contribution >= 4 is 11.4 Å². The maximum atomic E-state index is 10.2. The second-order valence-corrected chi connectivity index (χ2v) is 7.33. The minimum atomic E-state index is -1.56. The van der Waals surface area contributed by atoms with Crippen molar-refractivity contribution in [3.05, 3.63) is 24.3 Å². The molecule has 2 heterocycles. The van der Waals surface area contributed by atoms with Crippen LogP contribution in [0.2, 0.25) is 0 Å². The van der Waals surface area contributed by atoms with E-state index in [-0.39, 0.29) is 0 Å². The lowest BCUT2D eigenvalue weighted by molar-refractivity contribution is -0.222. The molecule has 0 unspecified atom stereocenters. The number of anilines is 2. The molecule has 3 rings (SSSR count). The van der Waals surface area contributed by atoms with E-state index >= 15 is 0 Å². The highest BCUT2D eigenvalue weighted by molar-refractivity contribution is 5.69. The summed E-state index contributed by atoms with van der Waals surface area (Å²) >= 11 is 0. The van der Waals surface area contributed by atoms with E-state index in [1.165, 1.54) is 0 Å². The third-order valence-electron chi connectivity index (χ3n) is 5.31. The van der Waals surface area contributed by atoms with Crippen LogP contribution in [0.3, 0.4) is 0 Å². The summed E-state index contributed by atoms with van der Waals surface area (Å²) in [5.74, 6) is 0. The first-order valence-corrected chi connectivity index (χ1v) is 9.51. The van der Waals surface area contributed by atoms with Gasteiger partial charge in [-0.1, -0.05) is 12.1 Å². The van der Waals surface area contributed by atoms with Crippen molar-refractivity contribution in [2.24, 2.45) is 0 Å². The van der Waals surface area contributed by atoms with Gasteiger partial charge < -0.3 is 61.0 Å². The Hall–Kier alpha value is -1.58. The first-order chi connectivity index (χ1) is 14.3. The molecule has 10 atom stereocenters. The summed E-state index contributed by atoms with van der Waals surface area (Å²) in [5.41, 5.74) is 0.692. The zero-order valence-electron chi connectivity index (χ0n) is 15.9. The van der Waals surface area contributed by atoms with Crippen LogP contribution in [0.1, 0.15) is 0 Å². The Labute approximate surface area is 171 Å². The fraction of sp³-hybridized carbons (Fsp3) is 0.667. The number of benzene rings is 1. The van der Waals surface area contributed by atoms with Crippen LogP contribution >= 0.6 is 0 Å². The van der Waals surface area contributed by atoms with Gasteiger partial charge in [-0.25, -0.2) is 0 Å². The van der Waals surface area contributed by atoms with Gasteiger partial charge in [0.1, 0.15) is 48.8 Å². The van der Waals surface area contributed by atoms with Crippen LogP contribution in [0.4, 0.5) is 11.4 Å². The topological polar surface area (TPSA) is 204 Å². The van der Waals surface area contributed by atoms with Gasteiger partial charge in [-0.2, -0.15) is 0 Å². The average Bonchev–Trinajstić information content (AvgIpc) is 2.75. The molecular formula is C18H28N2O10. The van der Waals surface area contributed by atoms with Crippen LogP contribution in [-0.2, 0) is 9.47 Å². The first-order valence-electron chi connectivity index (χ1n) is 9.51. The summed E-state index contributed by atoms with van der Waals surface area (Å²) in [5, 5.41) is 84.4. The normalized spacial score (nSPS) is 42.0. The van der Waals surface area contributed by atoms with E-state index in [9.17, 15) is 40.9 Å². The average molecular weight is 432 g/mol. The minimum Gasteiger partial charge on any atom is -0.394 e. The number of rotatable bonds is 6. The number of hydrogen-bond donors (Lipinski definition) is 10. The number of ether oxygens (including phenoxy) is 2. The van der Waals surface area contributed by atoms with E-state index < -0.39 is 74.5 Å². The predicted molar refractivity (Wildman–Crippen MR) is 101 cm³/mol. The van der Waals surface area contributed by atoms with Gasteiger partial charge in [0.15, 0.2) is 12.5 Å². The fourth-order valence-electron chi connectivity index (χ4n) is 3.48. The first kappa shape index (κ1) is 23.1. The summed E-state index contributed by atoms with van der Waals surface area (Å²) in [4.78, 5) is 0. The van der Waals surface area contributed by atoms with Crippen LogP contribution in [0.15, 0.2) is 24.3 Å². The summed E-state index contributed by atoms with van der Waals surface area (Å²) in [6.45, 7) is -1.15. The second-order valence-electron chi connectivity index (χ2n) is 7.33. The smallest absolute Gasteiger partial charge is 0.157 e. The molecule has 0 radical (unpaired) electrons. The van der Waals surface area contributed by atoms with Crippen molar-refractivity contribution < 1.29 is 50.3 Å². The molecule has 30 heavy (non-hydrogen) atoms. The van der Waals surface area contributed by atoms with Gasteiger partial charge in [0, 0.05) is 0 Å². The van der Waals surface area contributed by atoms with E-state index in [4.69, 9.17) is 9.47 Å². The van der Waals surface area contributed by atoms with Crippen molar-refractivity contribution in [1.29, 1.82) is 0 Å².